The third-order valence-electron chi connectivity index (χ3n) is 0.608. The zero-order valence-corrected chi connectivity index (χ0v) is 3.87. The molecule has 0 saturated heterocycles. The van der Waals surface area contributed by atoms with Gasteiger partial charge in [-0.1, -0.05) is 0 Å². The number of hydrogen-bond donors (Lipinski definition) is 0. The Hall–Kier alpha value is -1.32. The van der Waals surface area contributed by atoms with Gasteiger partial charge in [0.2, 0.25) is 0 Å². The largest absolute Gasteiger partial charge is 0.370 e. The molecular formula is C4H2N2O2. The van der Waals surface area contributed by atoms with Crippen LogP contribution in [0.15, 0.2) is 12.3 Å². The summed E-state index contributed by atoms with van der Waals surface area (Å²) in [5, 5.41) is 6.12. The zero-order chi connectivity index (χ0) is 5.98. The molecule has 0 N–H and O–H groups in total. The van der Waals surface area contributed by atoms with Crippen molar-refractivity contribution < 1.29 is 9.59 Å². The molecule has 4 nitrogen and oxygen atoms in total. The summed E-state index contributed by atoms with van der Waals surface area (Å²) in [6.45, 7) is 0. The van der Waals surface area contributed by atoms with E-state index in [-0.39, 0.29) is 0 Å². The first-order valence-corrected chi connectivity index (χ1v) is 1.96. The molecule has 1 aliphatic heterocycles. The van der Waals surface area contributed by atoms with Gasteiger partial charge in [0.05, 0.1) is 0 Å². The fourth-order valence-corrected chi connectivity index (χ4v) is 0.325. The molecule has 0 saturated carbocycles. The zero-order valence-electron chi connectivity index (χ0n) is 3.87. The van der Waals surface area contributed by atoms with Gasteiger partial charge in [0.15, 0.2) is 0 Å². The number of hydrogen-bond acceptors (Lipinski definition) is 2. The van der Waals surface area contributed by atoms with Crippen LogP contribution in [-0.4, -0.2) is 11.9 Å². The smallest absolute Gasteiger partial charge is 0.267 e. The lowest BCUT2D eigenvalue weighted by atomic mass is 10.6. The Morgan fingerprint density at radius 2 is 2.12 bits per heavy atom. The second-order valence-corrected chi connectivity index (χ2v) is 1.18. The molecule has 0 aliphatic carbocycles. The van der Waals surface area contributed by atoms with Crippen LogP contribution in [0.5, 0.6) is 0 Å². The minimum Gasteiger partial charge on any atom is -0.267 e. The van der Waals surface area contributed by atoms with Crippen molar-refractivity contribution in [1.29, 1.82) is 0 Å². The highest BCUT2D eigenvalue weighted by Gasteiger charge is 2.10. The lowest BCUT2D eigenvalue weighted by Gasteiger charge is -1.96. The van der Waals surface area contributed by atoms with Crippen molar-refractivity contribution in [2.75, 3.05) is 0 Å². The molecule has 0 bridgehead atoms. The van der Waals surface area contributed by atoms with Gasteiger partial charge in [-0.3, -0.25) is 4.79 Å². The SMILES string of the molecule is O=C1C=C[15N][13C](=O)[15N]1. The molecule has 0 fully saturated rings. The van der Waals surface area contributed by atoms with Crippen molar-refractivity contribution in [3.05, 3.63) is 12.3 Å². The standard InChI is InChI=1S/C4H2N2O2/c7-3-1-2-5-4(8)6-3/h1-2H/i4+1,5+1,6+1. The van der Waals surface area contributed by atoms with E-state index in [9.17, 15) is 9.59 Å². The first-order chi connectivity index (χ1) is 3.79. The average Bonchev–Trinajstić information content (AvgIpc) is 1.64. The van der Waals surface area contributed by atoms with Gasteiger partial charge in [0.25, 0.3) is 5.91 Å². The normalized spacial score (nSPS) is 17.5. The van der Waals surface area contributed by atoms with E-state index in [4.69, 9.17) is 0 Å². The lowest BCUT2D eigenvalue weighted by molar-refractivity contribution is -0.115. The maximum absolute atomic E-state index is 10.1. The van der Waals surface area contributed by atoms with Crippen LogP contribution >= 0.6 is 0 Å². The second kappa shape index (κ2) is 1.65. The van der Waals surface area contributed by atoms with E-state index in [0.29, 0.717) is 0 Å². The van der Waals surface area contributed by atoms with Crippen LogP contribution in [-0.2, 0) is 4.79 Å². The topological polar surface area (TPSA) is 62.3 Å². The van der Waals surface area contributed by atoms with Crippen molar-refractivity contribution in [3.63, 3.8) is 0 Å². The van der Waals surface area contributed by atoms with Crippen LogP contribution in [0.4, 0.5) is 4.79 Å². The predicted octanol–water partition coefficient (Wildman–Crippen LogP) is -0.631. The van der Waals surface area contributed by atoms with Gasteiger partial charge < -0.3 is 0 Å². The Morgan fingerprint density at radius 3 is 2.50 bits per heavy atom. The molecule has 0 aromatic heterocycles. The first-order valence-electron chi connectivity index (χ1n) is 1.96. The van der Waals surface area contributed by atoms with E-state index in [0.717, 1.165) is 12.3 Å². The number of carbonyl (C=O) groups is 2. The van der Waals surface area contributed by atoms with Crippen molar-refractivity contribution >= 4 is 11.9 Å². The molecule has 4 heteroatoms. The minimum atomic E-state index is -0.725. The summed E-state index contributed by atoms with van der Waals surface area (Å²) in [4.78, 5) is 20.2. The van der Waals surface area contributed by atoms with Crippen LogP contribution in [0.2, 0.25) is 0 Å². The molecule has 0 atom stereocenters. The molecule has 8 heavy (non-hydrogen) atoms. The van der Waals surface area contributed by atoms with Crippen LogP contribution in [0, 0.1) is 0 Å². The number of imide groups is 1. The Labute approximate surface area is 45.6 Å². The summed E-state index contributed by atoms with van der Waals surface area (Å²) >= 11 is 0. The van der Waals surface area contributed by atoms with Crippen molar-refractivity contribution in [2.24, 2.45) is 0 Å². The molecule has 40 valence electrons. The Balaban J connectivity index is 2.68. The van der Waals surface area contributed by atoms with Crippen LogP contribution in [0.1, 0.15) is 0 Å². The summed E-state index contributed by atoms with van der Waals surface area (Å²) < 4.78 is 0. The molecule has 1 heterocycles. The number of urea groups is 1. The maximum Gasteiger partial charge on any atom is 0.370 e. The van der Waals surface area contributed by atoms with Gasteiger partial charge >= 0.3 is 6.03 Å². The maximum atomic E-state index is 10.1. The highest BCUT2D eigenvalue weighted by molar-refractivity contribution is 6.02. The average molecular weight is 113 g/mol. The third-order valence-corrected chi connectivity index (χ3v) is 0.608. The van der Waals surface area contributed by atoms with Crippen LogP contribution < -0.4 is 10.6 Å². The van der Waals surface area contributed by atoms with Gasteiger partial charge in [-0.15, -0.1) is 0 Å². The van der Waals surface area contributed by atoms with E-state index >= 15 is 0 Å². The van der Waals surface area contributed by atoms with Crippen molar-refractivity contribution in [3.8, 4) is 0 Å². The summed E-state index contributed by atoms with van der Waals surface area (Å²) in [7, 11) is 0. The molecule has 0 aromatic rings. The number of nitrogens with zero attached hydrogens (tertiary/aromatic N) is 2. The van der Waals surface area contributed by atoms with E-state index in [1.165, 1.54) is 0 Å². The molecule has 1 aliphatic rings. The molecule has 1 rings (SSSR count). The molecule has 3 amide bonds. The number of rotatable bonds is 0. The predicted molar refractivity (Wildman–Crippen MR) is 23.8 cm³/mol. The van der Waals surface area contributed by atoms with Crippen molar-refractivity contribution in [2.45, 2.75) is 0 Å². The summed E-state index contributed by atoms with van der Waals surface area (Å²) in [6, 6.07) is -0.725. The molecule has 0 unspecified atom stereocenters. The van der Waals surface area contributed by atoms with E-state index in [1.807, 2.05) is 0 Å². The second-order valence-electron chi connectivity index (χ2n) is 1.18. The monoisotopic (exact) mass is 113 g/mol. The fourth-order valence-electron chi connectivity index (χ4n) is 0.325. The fraction of sp³-hybridized carbons (Fsp3) is 0. The number of carbonyl (C=O) groups excluding carboxylic acids is 2. The van der Waals surface area contributed by atoms with E-state index < -0.39 is 11.9 Å². The van der Waals surface area contributed by atoms with Gasteiger partial charge in [-0.2, -0.15) is 10.6 Å². The highest BCUT2D eigenvalue weighted by atomic mass is 16.4. The van der Waals surface area contributed by atoms with Gasteiger partial charge in [0.1, 0.15) is 0 Å². The molecule has 2 radical (unpaired) electrons. The van der Waals surface area contributed by atoms with E-state index in [1.54, 1.807) is 0 Å². The highest BCUT2D eigenvalue weighted by Crippen LogP contribution is 1.82. The first kappa shape index (κ1) is 4.83. The minimum absolute atomic E-state index is 0.537. The van der Waals surface area contributed by atoms with Gasteiger partial charge in [0, 0.05) is 12.3 Å². The van der Waals surface area contributed by atoms with Crippen molar-refractivity contribution in [1.82, 2.24) is 10.6 Å². The number of amides is 3. The molecule has 0 spiro atoms. The molecule has 0 aromatic carbocycles. The third kappa shape index (κ3) is 0.841. The summed E-state index contributed by atoms with van der Waals surface area (Å²) in [5.41, 5.74) is 0. The Bertz CT molecular complexity index is 161. The Kier molecular flexibility index (Phi) is 0.997. The van der Waals surface area contributed by atoms with Crippen LogP contribution in [0.3, 0.4) is 0 Å². The summed E-state index contributed by atoms with van der Waals surface area (Å²) in [5.74, 6) is -0.537. The van der Waals surface area contributed by atoms with E-state index in [2.05, 4.69) is 10.6 Å². The van der Waals surface area contributed by atoms with Crippen LogP contribution in [0.25, 0.3) is 0 Å². The lowest BCUT2D eigenvalue weighted by Crippen LogP contribution is -2.29. The quantitative estimate of drug-likeness (QED) is 0.310. The Morgan fingerprint density at radius 1 is 1.38 bits per heavy atom. The summed E-state index contributed by atoms with van der Waals surface area (Å²) in [6.07, 6.45) is 2.26. The van der Waals surface area contributed by atoms with Gasteiger partial charge in [-0.25, -0.2) is 4.79 Å². The van der Waals surface area contributed by atoms with Gasteiger partial charge in [-0.05, 0) is 0 Å². The molecular weight excluding hydrogens is 111 g/mol.